The van der Waals surface area contributed by atoms with E-state index in [0.29, 0.717) is 26.5 Å². The number of nitrogens with zero attached hydrogens (tertiary/aromatic N) is 2. The standard InChI is InChI=1S/C18H14Cl2N4O3/c1-24-18(27)12-5-3-2-4-11(12)16(23-24)17(26)21-9-15(25)22-14-8-10(19)6-7-13(14)20/h2-8H,9H2,1H3,(H,21,26)(H,22,25). The zero-order valence-electron chi connectivity index (χ0n) is 14.1. The zero-order chi connectivity index (χ0) is 19.6. The third-order valence-electron chi connectivity index (χ3n) is 3.78. The van der Waals surface area contributed by atoms with Gasteiger partial charge in [0, 0.05) is 17.5 Å². The van der Waals surface area contributed by atoms with E-state index < -0.39 is 11.8 Å². The smallest absolute Gasteiger partial charge is 0.274 e. The first-order chi connectivity index (χ1) is 12.9. The Morgan fingerprint density at radius 3 is 2.56 bits per heavy atom. The van der Waals surface area contributed by atoms with Crippen LogP contribution in [0.25, 0.3) is 10.8 Å². The van der Waals surface area contributed by atoms with Crippen molar-refractivity contribution in [3.63, 3.8) is 0 Å². The second-order valence-electron chi connectivity index (χ2n) is 5.68. The van der Waals surface area contributed by atoms with Crippen LogP contribution in [0.3, 0.4) is 0 Å². The lowest BCUT2D eigenvalue weighted by molar-refractivity contribution is -0.115. The molecule has 0 saturated heterocycles. The Balaban J connectivity index is 1.76. The van der Waals surface area contributed by atoms with Crippen molar-refractivity contribution in [3.8, 4) is 0 Å². The Labute approximate surface area is 163 Å². The molecule has 3 aromatic rings. The highest BCUT2D eigenvalue weighted by Gasteiger charge is 2.16. The predicted octanol–water partition coefficient (Wildman–Crippen LogP) is 2.61. The highest BCUT2D eigenvalue weighted by molar-refractivity contribution is 6.35. The molecule has 2 N–H and O–H groups in total. The number of rotatable bonds is 4. The summed E-state index contributed by atoms with van der Waals surface area (Å²) < 4.78 is 1.09. The van der Waals surface area contributed by atoms with Gasteiger partial charge in [0.2, 0.25) is 5.91 Å². The number of halogens is 2. The lowest BCUT2D eigenvalue weighted by atomic mass is 10.1. The largest absolute Gasteiger partial charge is 0.342 e. The summed E-state index contributed by atoms with van der Waals surface area (Å²) in [5.41, 5.74) is 0.0888. The molecule has 0 aliphatic heterocycles. The van der Waals surface area contributed by atoms with Crippen molar-refractivity contribution in [2.45, 2.75) is 0 Å². The van der Waals surface area contributed by atoms with Crippen LogP contribution < -0.4 is 16.2 Å². The van der Waals surface area contributed by atoms with Crippen molar-refractivity contribution in [1.82, 2.24) is 15.1 Å². The molecule has 138 valence electrons. The van der Waals surface area contributed by atoms with Gasteiger partial charge in [-0.15, -0.1) is 0 Å². The minimum Gasteiger partial charge on any atom is -0.342 e. The number of aromatic nitrogens is 2. The first-order valence-corrected chi connectivity index (χ1v) is 8.61. The van der Waals surface area contributed by atoms with Crippen LogP contribution in [0.2, 0.25) is 10.0 Å². The molecule has 1 aromatic heterocycles. The molecule has 0 saturated carbocycles. The van der Waals surface area contributed by atoms with Crippen LogP contribution in [-0.4, -0.2) is 28.1 Å². The molecule has 9 heteroatoms. The molecule has 2 aromatic carbocycles. The van der Waals surface area contributed by atoms with Crippen LogP contribution in [-0.2, 0) is 11.8 Å². The molecular weight excluding hydrogens is 391 g/mol. The third kappa shape index (κ3) is 4.10. The molecular formula is C18H14Cl2N4O3. The van der Waals surface area contributed by atoms with Gasteiger partial charge in [-0.25, -0.2) is 4.68 Å². The lowest BCUT2D eigenvalue weighted by Crippen LogP contribution is -2.35. The summed E-state index contributed by atoms with van der Waals surface area (Å²) in [6, 6.07) is 11.3. The average Bonchev–Trinajstić information content (AvgIpc) is 2.65. The number of aryl methyl sites for hydroxylation is 1. The van der Waals surface area contributed by atoms with E-state index in [-0.39, 0.29) is 17.8 Å². The van der Waals surface area contributed by atoms with E-state index in [4.69, 9.17) is 23.2 Å². The predicted molar refractivity (Wildman–Crippen MR) is 104 cm³/mol. The molecule has 0 aliphatic carbocycles. The van der Waals surface area contributed by atoms with Gasteiger partial charge in [0.15, 0.2) is 5.69 Å². The van der Waals surface area contributed by atoms with E-state index in [0.717, 1.165) is 4.68 Å². The summed E-state index contributed by atoms with van der Waals surface area (Å²) in [4.78, 5) is 36.7. The molecule has 27 heavy (non-hydrogen) atoms. The Morgan fingerprint density at radius 1 is 1.11 bits per heavy atom. The maximum absolute atomic E-state index is 12.5. The zero-order valence-corrected chi connectivity index (χ0v) is 15.6. The van der Waals surface area contributed by atoms with Crippen molar-refractivity contribution in [1.29, 1.82) is 0 Å². The SMILES string of the molecule is Cn1nc(C(=O)NCC(=O)Nc2cc(Cl)ccc2Cl)c2ccccc2c1=O. The van der Waals surface area contributed by atoms with Gasteiger partial charge in [0.1, 0.15) is 0 Å². The summed E-state index contributed by atoms with van der Waals surface area (Å²) in [5, 5.41) is 10.6. The monoisotopic (exact) mass is 404 g/mol. The van der Waals surface area contributed by atoms with Gasteiger partial charge in [-0.3, -0.25) is 14.4 Å². The Hall–Kier alpha value is -2.90. The van der Waals surface area contributed by atoms with Crippen molar-refractivity contribution in [2.75, 3.05) is 11.9 Å². The Kier molecular flexibility index (Phi) is 5.43. The molecule has 0 spiro atoms. The van der Waals surface area contributed by atoms with Gasteiger partial charge < -0.3 is 10.6 Å². The number of anilines is 1. The van der Waals surface area contributed by atoms with Gasteiger partial charge in [-0.2, -0.15) is 5.10 Å². The van der Waals surface area contributed by atoms with E-state index in [1.807, 2.05) is 0 Å². The molecule has 0 atom stereocenters. The highest BCUT2D eigenvalue weighted by Crippen LogP contribution is 2.25. The van der Waals surface area contributed by atoms with Crippen molar-refractivity contribution >= 4 is 51.5 Å². The second kappa shape index (κ2) is 7.77. The number of fused-ring (bicyclic) bond motifs is 1. The van der Waals surface area contributed by atoms with Crippen molar-refractivity contribution in [3.05, 3.63) is 68.6 Å². The number of benzene rings is 2. The van der Waals surface area contributed by atoms with Crippen LogP contribution in [0, 0.1) is 0 Å². The Bertz CT molecular complexity index is 1110. The third-order valence-corrected chi connectivity index (χ3v) is 4.35. The van der Waals surface area contributed by atoms with Gasteiger partial charge >= 0.3 is 0 Å². The molecule has 0 fully saturated rings. The number of carbonyl (C=O) groups excluding carboxylic acids is 2. The first kappa shape index (κ1) is 18.9. The van der Waals surface area contributed by atoms with E-state index in [2.05, 4.69) is 15.7 Å². The molecule has 0 radical (unpaired) electrons. The van der Waals surface area contributed by atoms with Crippen LogP contribution in [0.4, 0.5) is 5.69 Å². The maximum Gasteiger partial charge on any atom is 0.274 e. The van der Waals surface area contributed by atoms with E-state index >= 15 is 0 Å². The topological polar surface area (TPSA) is 93.1 Å². The number of carbonyl (C=O) groups is 2. The molecule has 0 unspecified atom stereocenters. The maximum atomic E-state index is 12.5. The fourth-order valence-electron chi connectivity index (χ4n) is 2.50. The van der Waals surface area contributed by atoms with Crippen LogP contribution >= 0.6 is 23.2 Å². The fourth-order valence-corrected chi connectivity index (χ4v) is 2.84. The second-order valence-corrected chi connectivity index (χ2v) is 6.52. The highest BCUT2D eigenvalue weighted by atomic mass is 35.5. The van der Waals surface area contributed by atoms with Gasteiger partial charge in [0.25, 0.3) is 11.5 Å². The van der Waals surface area contributed by atoms with E-state index in [9.17, 15) is 14.4 Å². The molecule has 0 bridgehead atoms. The number of nitrogens with one attached hydrogen (secondary N) is 2. The van der Waals surface area contributed by atoms with Crippen LogP contribution in [0.5, 0.6) is 0 Å². The number of hydrogen-bond acceptors (Lipinski definition) is 4. The van der Waals surface area contributed by atoms with Crippen molar-refractivity contribution in [2.24, 2.45) is 7.05 Å². The fraction of sp³-hybridized carbons (Fsp3) is 0.111. The van der Waals surface area contributed by atoms with Gasteiger partial charge in [0.05, 0.1) is 22.6 Å². The van der Waals surface area contributed by atoms with Crippen molar-refractivity contribution < 1.29 is 9.59 Å². The van der Waals surface area contributed by atoms with E-state index in [1.54, 1.807) is 36.4 Å². The Morgan fingerprint density at radius 2 is 1.81 bits per heavy atom. The molecule has 2 amide bonds. The summed E-state index contributed by atoms with van der Waals surface area (Å²) in [6.45, 7) is -0.305. The number of amides is 2. The summed E-state index contributed by atoms with van der Waals surface area (Å²) in [6.07, 6.45) is 0. The first-order valence-electron chi connectivity index (χ1n) is 7.86. The van der Waals surface area contributed by atoms with Gasteiger partial charge in [-0.05, 0) is 24.3 Å². The normalized spacial score (nSPS) is 10.6. The summed E-state index contributed by atoms with van der Waals surface area (Å²) in [7, 11) is 1.46. The van der Waals surface area contributed by atoms with Gasteiger partial charge in [-0.1, -0.05) is 41.4 Å². The molecule has 0 aliphatic rings. The van der Waals surface area contributed by atoms with Crippen LogP contribution in [0.1, 0.15) is 10.5 Å². The van der Waals surface area contributed by atoms with E-state index in [1.165, 1.54) is 13.1 Å². The minimum atomic E-state index is -0.575. The average molecular weight is 405 g/mol. The molecule has 7 nitrogen and oxygen atoms in total. The van der Waals surface area contributed by atoms with Crippen LogP contribution in [0.15, 0.2) is 47.3 Å². The molecule has 3 rings (SSSR count). The molecule has 1 heterocycles. The number of hydrogen-bond donors (Lipinski definition) is 2. The lowest BCUT2D eigenvalue weighted by Gasteiger charge is -2.10. The summed E-state index contributed by atoms with van der Waals surface area (Å²) >= 11 is 11.9. The summed E-state index contributed by atoms with van der Waals surface area (Å²) in [5.74, 6) is -1.06. The minimum absolute atomic E-state index is 0.0567. The quantitative estimate of drug-likeness (QED) is 0.698.